The molecule has 1 aromatic carbocycles. The molecule has 0 spiro atoms. The van der Waals surface area contributed by atoms with Gasteiger partial charge in [0.25, 0.3) is 0 Å². The van der Waals surface area contributed by atoms with E-state index >= 15 is 0 Å². The second-order valence-electron chi connectivity index (χ2n) is 3.70. The van der Waals surface area contributed by atoms with Crippen molar-refractivity contribution in [1.29, 1.82) is 0 Å². The maximum Gasteiger partial charge on any atom is 0.230 e. The van der Waals surface area contributed by atoms with E-state index in [1.165, 1.54) is 17.0 Å². The van der Waals surface area contributed by atoms with Crippen molar-refractivity contribution in [3.8, 4) is 0 Å². The van der Waals surface area contributed by atoms with Gasteiger partial charge in [0.15, 0.2) is 5.78 Å². The van der Waals surface area contributed by atoms with Gasteiger partial charge in [0, 0.05) is 11.0 Å². The zero-order chi connectivity index (χ0) is 11.7. The fraction of sp³-hybridized carbons (Fsp3) is 0.273. The molecule has 1 heterocycles. The van der Waals surface area contributed by atoms with Gasteiger partial charge < -0.3 is 4.90 Å². The number of rotatable bonds is 2. The monoisotopic (exact) mass is 285 g/mol. The summed E-state index contributed by atoms with van der Waals surface area (Å²) in [5.74, 6) is -0.630. The first-order chi connectivity index (χ1) is 7.56. The molecule has 16 heavy (non-hydrogen) atoms. The lowest BCUT2D eigenvalue weighted by atomic mass is 10.2. The first kappa shape index (κ1) is 11.3. The smallest absolute Gasteiger partial charge is 0.230 e. The molecule has 0 aliphatic carbocycles. The van der Waals surface area contributed by atoms with Gasteiger partial charge in [-0.3, -0.25) is 9.59 Å². The van der Waals surface area contributed by atoms with E-state index in [-0.39, 0.29) is 37.0 Å². The predicted molar refractivity (Wildman–Crippen MR) is 59.1 cm³/mol. The number of carbonyl (C=O) groups excluding carboxylic acids is 2. The highest BCUT2D eigenvalue weighted by Crippen LogP contribution is 2.21. The summed E-state index contributed by atoms with van der Waals surface area (Å²) in [5.41, 5.74) is 0.669. The van der Waals surface area contributed by atoms with E-state index in [9.17, 15) is 14.0 Å². The van der Waals surface area contributed by atoms with Crippen molar-refractivity contribution in [2.24, 2.45) is 0 Å². The standard InChI is InChI=1S/C11H9BrFNO2/c12-10-2-1-8(13)3-7(10)5-14-6-9(15)4-11(14)16/h1-3H,4-6H2. The van der Waals surface area contributed by atoms with E-state index in [2.05, 4.69) is 15.9 Å². The number of hydrogen-bond acceptors (Lipinski definition) is 2. The molecule has 3 nitrogen and oxygen atoms in total. The molecule has 1 aromatic rings. The summed E-state index contributed by atoms with van der Waals surface area (Å²) >= 11 is 3.28. The van der Waals surface area contributed by atoms with Crippen LogP contribution in [0.2, 0.25) is 0 Å². The average molecular weight is 286 g/mol. The van der Waals surface area contributed by atoms with Gasteiger partial charge in [0.1, 0.15) is 5.82 Å². The fourth-order valence-corrected chi connectivity index (χ4v) is 2.02. The molecule has 1 fully saturated rings. The lowest BCUT2D eigenvalue weighted by molar-refractivity contribution is -0.128. The van der Waals surface area contributed by atoms with Crippen molar-refractivity contribution in [2.75, 3.05) is 6.54 Å². The molecule has 1 amide bonds. The molecule has 0 saturated carbocycles. The first-order valence-electron chi connectivity index (χ1n) is 4.79. The minimum absolute atomic E-state index is 0.0348. The number of benzene rings is 1. The Morgan fingerprint density at radius 1 is 1.38 bits per heavy atom. The molecule has 0 bridgehead atoms. The van der Waals surface area contributed by atoms with Gasteiger partial charge in [-0.25, -0.2) is 4.39 Å². The van der Waals surface area contributed by atoms with Crippen LogP contribution in [-0.2, 0) is 16.1 Å². The Morgan fingerprint density at radius 3 is 2.75 bits per heavy atom. The maximum atomic E-state index is 13.0. The first-order valence-corrected chi connectivity index (χ1v) is 5.59. The third kappa shape index (κ3) is 2.29. The van der Waals surface area contributed by atoms with E-state index in [0.717, 1.165) is 4.47 Å². The molecule has 1 saturated heterocycles. The Hall–Kier alpha value is -1.23. The van der Waals surface area contributed by atoms with Crippen molar-refractivity contribution < 1.29 is 14.0 Å². The molecule has 0 aromatic heterocycles. The summed E-state index contributed by atoms with van der Waals surface area (Å²) < 4.78 is 13.7. The van der Waals surface area contributed by atoms with Gasteiger partial charge in [0.05, 0.1) is 13.0 Å². The number of likely N-dealkylation sites (tertiary alicyclic amines) is 1. The summed E-state index contributed by atoms with van der Waals surface area (Å²) in [6.07, 6.45) is -0.0348. The predicted octanol–water partition coefficient (Wildman–Crippen LogP) is 1.89. The number of ketones is 1. The Balaban J connectivity index is 2.18. The van der Waals surface area contributed by atoms with Gasteiger partial charge in [-0.05, 0) is 23.8 Å². The SMILES string of the molecule is O=C1CC(=O)N(Cc2cc(F)ccc2Br)C1. The largest absolute Gasteiger partial charge is 0.331 e. The summed E-state index contributed by atoms with van der Waals surface area (Å²) in [4.78, 5) is 23.9. The molecule has 5 heteroatoms. The number of carbonyl (C=O) groups is 2. The Labute approximate surface area is 100 Å². The second kappa shape index (κ2) is 4.33. The average Bonchev–Trinajstić information content (AvgIpc) is 2.51. The van der Waals surface area contributed by atoms with Crippen molar-refractivity contribution in [2.45, 2.75) is 13.0 Å². The second-order valence-corrected chi connectivity index (χ2v) is 4.56. The van der Waals surface area contributed by atoms with Crippen LogP contribution in [-0.4, -0.2) is 23.1 Å². The third-order valence-electron chi connectivity index (χ3n) is 2.44. The normalized spacial score (nSPS) is 16.0. The summed E-state index contributed by atoms with van der Waals surface area (Å²) in [6, 6.07) is 4.29. The van der Waals surface area contributed by atoms with Crippen LogP contribution in [0.5, 0.6) is 0 Å². The van der Waals surface area contributed by atoms with Crippen LogP contribution in [0.1, 0.15) is 12.0 Å². The zero-order valence-electron chi connectivity index (χ0n) is 8.37. The highest BCUT2D eigenvalue weighted by Gasteiger charge is 2.27. The van der Waals surface area contributed by atoms with Crippen LogP contribution in [0.25, 0.3) is 0 Å². The van der Waals surface area contributed by atoms with E-state index in [0.29, 0.717) is 5.56 Å². The Morgan fingerprint density at radius 2 is 2.12 bits per heavy atom. The van der Waals surface area contributed by atoms with Gasteiger partial charge in [-0.1, -0.05) is 15.9 Å². The molecule has 0 radical (unpaired) electrons. The summed E-state index contributed by atoms with van der Waals surface area (Å²) in [7, 11) is 0. The highest BCUT2D eigenvalue weighted by atomic mass is 79.9. The van der Waals surface area contributed by atoms with E-state index in [1.807, 2.05) is 0 Å². The van der Waals surface area contributed by atoms with E-state index in [4.69, 9.17) is 0 Å². The molecule has 1 aliphatic heterocycles. The molecule has 1 aliphatic rings. The van der Waals surface area contributed by atoms with Crippen molar-refractivity contribution in [1.82, 2.24) is 4.90 Å². The number of nitrogens with zero attached hydrogens (tertiary/aromatic N) is 1. The molecule has 0 atom stereocenters. The lowest BCUT2D eigenvalue weighted by Crippen LogP contribution is -2.24. The van der Waals surface area contributed by atoms with Gasteiger partial charge in [0.2, 0.25) is 5.91 Å². The molecule has 84 valence electrons. The Kier molecular flexibility index (Phi) is 3.05. The van der Waals surface area contributed by atoms with Crippen LogP contribution in [0, 0.1) is 5.82 Å². The van der Waals surface area contributed by atoms with Crippen LogP contribution < -0.4 is 0 Å². The Bertz CT molecular complexity index is 461. The quantitative estimate of drug-likeness (QED) is 0.779. The third-order valence-corrected chi connectivity index (χ3v) is 3.21. The summed E-state index contributed by atoms with van der Waals surface area (Å²) in [5, 5.41) is 0. The minimum atomic E-state index is -0.351. The van der Waals surface area contributed by atoms with Crippen molar-refractivity contribution in [3.05, 3.63) is 34.1 Å². The number of hydrogen-bond donors (Lipinski definition) is 0. The fourth-order valence-electron chi connectivity index (χ4n) is 1.65. The molecule has 0 N–H and O–H groups in total. The highest BCUT2D eigenvalue weighted by molar-refractivity contribution is 9.10. The van der Waals surface area contributed by atoms with Crippen LogP contribution >= 0.6 is 15.9 Å². The number of halogens is 2. The van der Waals surface area contributed by atoms with Gasteiger partial charge in [-0.15, -0.1) is 0 Å². The topological polar surface area (TPSA) is 37.4 Å². The van der Waals surface area contributed by atoms with E-state index < -0.39 is 0 Å². The van der Waals surface area contributed by atoms with Crippen molar-refractivity contribution >= 4 is 27.6 Å². The minimum Gasteiger partial charge on any atom is -0.331 e. The number of amides is 1. The van der Waals surface area contributed by atoms with E-state index in [1.54, 1.807) is 6.07 Å². The molecular formula is C11H9BrFNO2. The molecular weight excluding hydrogens is 277 g/mol. The molecule has 0 unspecified atom stereocenters. The molecule has 2 rings (SSSR count). The van der Waals surface area contributed by atoms with Crippen LogP contribution in [0.3, 0.4) is 0 Å². The van der Waals surface area contributed by atoms with Crippen LogP contribution in [0.4, 0.5) is 4.39 Å². The summed E-state index contributed by atoms with van der Waals surface area (Å²) in [6.45, 7) is 0.394. The van der Waals surface area contributed by atoms with Crippen LogP contribution in [0.15, 0.2) is 22.7 Å². The lowest BCUT2D eigenvalue weighted by Gasteiger charge is -2.15. The van der Waals surface area contributed by atoms with Gasteiger partial charge >= 0.3 is 0 Å². The maximum absolute atomic E-state index is 13.0. The zero-order valence-corrected chi connectivity index (χ0v) is 9.96. The number of Topliss-reactive ketones (excluding diaryl/α,β-unsaturated/α-hetero) is 1. The van der Waals surface area contributed by atoms with Crippen molar-refractivity contribution in [3.63, 3.8) is 0 Å². The van der Waals surface area contributed by atoms with Gasteiger partial charge in [-0.2, -0.15) is 0 Å².